The highest BCUT2D eigenvalue weighted by atomic mass is 32.2. The lowest BCUT2D eigenvalue weighted by Gasteiger charge is -1.87. The molecule has 0 saturated heterocycles. The van der Waals surface area contributed by atoms with E-state index in [1.165, 1.54) is 0 Å². The smallest absolute Gasteiger partial charge is 0.111 e. The molecular formula is C9H16N2S. The average Bonchev–Trinajstić information content (AvgIpc) is 2.05. The van der Waals surface area contributed by atoms with Gasteiger partial charge in [-0.1, -0.05) is 26.8 Å². The summed E-state index contributed by atoms with van der Waals surface area (Å²) in [6.07, 6.45) is 1.72. The van der Waals surface area contributed by atoms with Crippen molar-refractivity contribution in [1.82, 2.24) is 4.98 Å². The first kappa shape index (κ1) is 11.5. The Balaban J connectivity index is 0.000000261. The SMILES string of the molecule is CC(C)C.NSc1ccccn1. The van der Waals surface area contributed by atoms with Crippen LogP contribution in [0.4, 0.5) is 0 Å². The van der Waals surface area contributed by atoms with Crippen molar-refractivity contribution in [2.75, 3.05) is 0 Å². The molecule has 0 fully saturated rings. The number of pyridine rings is 1. The Hall–Kier alpha value is -0.540. The molecule has 0 unspecified atom stereocenters. The maximum atomic E-state index is 5.20. The molecule has 0 bridgehead atoms. The van der Waals surface area contributed by atoms with Crippen molar-refractivity contribution < 1.29 is 0 Å². The molecule has 0 amide bonds. The van der Waals surface area contributed by atoms with E-state index in [-0.39, 0.29) is 0 Å². The quantitative estimate of drug-likeness (QED) is 0.682. The summed E-state index contributed by atoms with van der Waals surface area (Å²) in [5.74, 6) is 0.833. The molecule has 1 aromatic heterocycles. The second kappa shape index (κ2) is 7.13. The molecule has 2 nitrogen and oxygen atoms in total. The molecule has 0 radical (unpaired) electrons. The second-order valence-corrected chi connectivity index (χ2v) is 3.67. The molecule has 0 aromatic carbocycles. The van der Waals surface area contributed by atoms with Crippen LogP contribution in [0.2, 0.25) is 0 Å². The number of nitrogens with two attached hydrogens (primary N) is 1. The predicted octanol–water partition coefficient (Wildman–Crippen LogP) is 2.71. The first-order valence-electron chi connectivity index (χ1n) is 3.94. The lowest BCUT2D eigenvalue weighted by atomic mass is 10.3. The average molecular weight is 184 g/mol. The summed E-state index contributed by atoms with van der Waals surface area (Å²) in [6.45, 7) is 6.50. The van der Waals surface area contributed by atoms with Gasteiger partial charge >= 0.3 is 0 Å². The van der Waals surface area contributed by atoms with Crippen molar-refractivity contribution in [2.45, 2.75) is 25.8 Å². The number of rotatable bonds is 1. The molecule has 0 saturated carbocycles. The fourth-order valence-corrected chi connectivity index (χ4v) is 0.696. The van der Waals surface area contributed by atoms with Crippen molar-refractivity contribution in [3.8, 4) is 0 Å². The Kier molecular flexibility index (Phi) is 6.81. The lowest BCUT2D eigenvalue weighted by Crippen LogP contribution is -1.80. The Bertz CT molecular complexity index is 184. The van der Waals surface area contributed by atoms with E-state index in [2.05, 4.69) is 25.8 Å². The predicted molar refractivity (Wildman–Crippen MR) is 54.8 cm³/mol. The van der Waals surface area contributed by atoms with Crippen molar-refractivity contribution in [2.24, 2.45) is 11.1 Å². The molecule has 0 atom stereocenters. The number of hydrogen-bond donors (Lipinski definition) is 1. The van der Waals surface area contributed by atoms with Gasteiger partial charge in [0.1, 0.15) is 5.03 Å². The van der Waals surface area contributed by atoms with Crippen LogP contribution >= 0.6 is 11.9 Å². The largest absolute Gasteiger partial charge is 0.272 e. The van der Waals surface area contributed by atoms with Gasteiger partial charge in [-0.25, -0.2) is 4.98 Å². The Morgan fingerprint density at radius 2 is 1.92 bits per heavy atom. The maximum Gasteiger partial charge on any atom is 0.111 e. The van der Waals surface area contributed by atoms with Crippen LogP contribution in [0.15, 0.2) is 29.4 Å². The topological polar surface area (TPSA) is 38.9 Å². The molecule has 1 heterocycles. The van der Waals surface area contributed by atoms with Crippen LogP contribution in [0.25, 0.3) is 0 Å². The fourth-order valence-electron chi connectivity index (χ4n) is 0.417. The molecular weight excluding hydrogens is 168 g/mol. The molecule has 1 rings (SSSR count). The molecule has 0 aliphatic carbocycles. The number of aromatic nitrogens is 1. The first-order chi connectivity index (χ1) is 5.66. The minimum Gasteiger partial charge on any atom is -0.272 e. The standard InChI is InChI=1S/C5H6N2S.C4H10/c6-8-5-3-1-2-4-7-5;1-4(2)3/h1-4H,6H2;4H,1-3H3. The van der Waals surface area contributed by atoms with Gasteiger partial charge < -0.3 is 0 Å². The maximum absolute atomic E-state index is 5.20. The van der Waals surface area contributed by atoms with Crippen LogP contribution in [-0.2, 0) is 0 Å². The summed E-state index contributed by atoms with van der Waals surface area (Å²) >= 11 is 1.16. The van der Waals surface area contributed by atoms with Gasteiger partial charge in [0.2, 0.25) is 0 Å². The van der Waals surface area contributed by atoms with Crippen LogP contribution in [0.5, 0.6) is 0 Å². The van der Waals surface area contributed by atoms with E-state index in [0.717, 1.165) is 22.9 Å². The van der Waals surface area contributed by atoms with E-state index in [9.17, 15) is 0 Å². The van der Waals surface area contributed by atoms with E-state index in [1.807, 2.05) is 18.2 Å². The van der Waals surface area contributed by atoms with Gasteiger partial charge in [-0.05, 0) is 30.0 Å². The molecule has 12 heavy (non-hydrogen) atoms. The van der Waals surface area contributed by atoms with Crippen LogP contribution in [0.3, 0.4) is 0 Å². The zero-order chi connectivity index (χ0) is 9.40. The third kappa shape index (κ3) is 7.57. The van der Waals surface area contributed by atoms with Crippen LogP contribution in [0.1, 0.15) is 20.8 Å². The molecule has 3 heteroatoms. The Morgan fingerprint density at radius 1 is 1.33 bits per heavy atom. The summed E-state index contributed by atoms with van der Waals surface area (Å²) in [6, 6.07) is 5.63. The van der Waals surface area contributed by atoms with Gasteiger partial charge in [0, 0.05) is 6.20 Å². The highest BCUT2D eigenvalue weighted by molar-refractivity contribution is 7.97. The molecule has 0 spiro atoms. The lowest BCUT2D eigenvalue weighted by molar-refractivity contribution is 0.737. The van der Waals surface area contributed by atoms with E-state index >= 15 is 0 Å². The van der Waals surface area contributed by atoms with Gasteiger partial charge in [-0.3, -0.25) is 5.14 Å². The van der Waals surface area contributed by atoms with E-state index in [0.29, 0.717) is 0 Å². The molecule has 2 N–H and O–H groups in total. The fraction of sp³-hybridized carbons (Fsp3) is 0.444. The van der Waals surface area contributed by atoms with E-state index in [4.69, 9.17) is 5.14 Å². The monoisotopic (exact) mass is 184 g/mol. The normalized spacial score (nSPS) is 9.08. The van der Waals surface area contributed by atoms with Crippen LogP contribution in [-0.4, -0.2) is 4.98 Å². The molecule has 0 aliphatic rings. The highest BCUT2D eigenvalue weighted by Gasteiger charge is 1.83. The third-order valence-corrected chi connectivity index (χ3v) is 1.24. The van der Waals surface area contributed by atoms with Gasteiger partial charge in [0.15, 0.2) is 0 Å². The third-order valence-electron chi connectivity index (χ3n) is 0.759. The van der Waals surface area contributed by atoms with Gasteiger partial charge in [-0.15, -0.1) is 0 Å². The zero-order valence-corrected chi connectivity index (χ0v) is 8.64. The number of nitrogens with zero attached hydrogens (tertiary/aromatic N) is 1. The Morgan fingerprint density at radius 3 is 2.17 bits per heavy atom. The number of hydrogen-bond acceptors (Lipinski definition) is 3. The zero-order valence-electron chi connectivity index (χ0n) is 7.82. The summed E-state index contributed by atoms with van der Waals surface area (Å²) in [5.41, 5.74) is 0. The Labute approximate surface area is 78.7 Å². The van der Waals surface area contributed by atoms with Crippen LogP contribution in [0, 0.1) is 5.92 Å². The minimum absolute atomic E-state index is 0.833. The summed E-state index contributed by atoms with van der Waals surface area (Å²) in [7, 11) is 0. The van der Waals surface area contributed by atoms with Crippen molar-refractivity contribution >= 4 is 11.9 Å². The van der Waals surface area contributed by atoms with Gasteiger partial charge in [0.25, 0.3) is 0 Å². The summed E-state index contributed by atoms with van der Waals surface area (Å²) in [5, 5.41) is 6.06. The van der Waals surface area contributed by atoms with Crippen molar-refractivity contribution in [3.05, 3.63) is 24.4 Å². The first-order valence-corrected chi connectivity index (χ1v) is 4.82. The van der Waals surface area contributed by atoms with E-state index < -0.39 is 0 Å². The molecule has 68 valence electrons. The van der Waals surface area contributed by atoms with Crippen molar-refractivity contribution in [1.29, 1.82) is 0 Å². The van der Waals surface area contributed by atoms with E-state index in [1.54, 1.807) is 6.20 Å². The minimum atomic E-state index is 0.833. The molecule has 1 aromatic rings. The summed E-state index contributed by atoms with van der Waals surface area (Å²) < 4.78 is 0. The summed E-state index contributed by atoms with van der Waals surface area (Å²) in [4.78, 5) is 3.94. The van der Waals surface area contributed by atoms with Crippen molar-refractivity contribution in [3.63, 3.8) is 0 Å². The highest BCUT2D eigenvalue weighted by Crippen LogP contribution is 2.03. The van der Waals surface area contributed by atoms with Crippen LogP contribution < -0.4 is 5.14 Å². The molecule has 0 aliphatic heterocycles. The second-order valence-electron chi connectivity index (χ2n) is 3.02. The van der Waals surface area contributed by atoms with Gasteiger partial charge in [0.05, 0.1) is 0 Å². The van der Waals surface area contributed by atoms with Gasteiger partial charge in [-0.2, -0.15) is 0 Å².